The molecule has 0 radical (unpaired) electrons. The molecular weight excluding hydrogens is 176 g/mol. The fraction of sp³-hybridized carbons (Fsp3) is 0.455. The van der Waals surface area contributed by atoms with E-state index < -0.39 is 0 Å². The summed E-state index contributed by atoms with van der Waals surface area (Å²) in [5.41, 5.74) is 2.06. The quantitative estimate of drug-likeness (QED) is 0.685. The molecule has 0 spiro atoms. The summed E-state index contributed by atoms with van der Waals surface area (Å²) < 4.78 is 1.90. The predicted molar refractivity (Wildman–Crippen MR) is 54.1 cm³/mol. The molecule has 1 aromatic heterocycles. The van der Waals surface area contributed by atoms with Crippen molar-refractivity contribution in [1.82, 2.24) is 4.57 Å². The van der Waals surface area contributed by atoms with Crippen molar-refractivity contribution in [2.45, 2.75) is 27.3 Å². The van der Waals surface area contributed by atoms with Crippen LogP contribution in [0.4, 0.5) is 0 Å². The molecule has 74 valence electrons. The lowest BCUT2D eigenvalue weighted by molar-refractivity contribution is 0.111. The maximum Gasteiger partial charge on any atom is 0.166 e. The van der Waals surface area contributed by atoms with Crippen molar-refractivity contribution in [1.29, 1.82) is 5.26 Å². The number of hydrogen-bond acceptors (Lipinski definition) is 2. The van der Waals surface area contributed by atoms with Crippen LogP contribution in [-0.2, 0) is 6.54 Å². The van der Waals surface area contributed by atoms with E-state index in [4.69, 9.17) is 5.26 Å². The normalized spacial score (nSPS) is 10.2. The largest absolute Gasteiger partial charge is 0.341 e. The van der Waals surface area contributed by atoms with Crippen LogP contribution in [0.3, 0.4) is 0 Å². The minimum atomic E-state index is 0.464. The van der Waals surface area contributed by atoms with Gasteiger partial charge in [-0.2, -0.15) is 5.26 Å². The average molecular weight is 190 g/mol. The third kappa shape index (κ3) is 1.85. The van der Waals surface area contributed by atoms with Gasteiger partial charge in [-0.15, -0.1) is 0 Å². The van der Waals surface area contributed by atoms with Gasteiger partial charge < -0.3 is 4.57 Å². The molecule has 0 fully saturated rings. The topological polar surface area (TPSA) is 45.8 Å². The number of hydrogen-bond donors (Lipinski definition) is 0. The first-order valence-corrected chi connectivity index (χ1v) is 4.65. The van der Waals surface area contributed by atoms with Crippen molar-refractivity contribution in [2.75, 3.05) is 0 Å². The third-order valence-electron chi connectivity index (χ3n) is 2.19. The van der Waals surface area contributed by atoms with Gasteiger partial charge in [0.25, 0.3) is 0 Å². The predicted octanol–water partition coefficient (Wildman–Crippen LogP) is 2.14. The number of carbonyl (C=O) groups excluding carboxylic acids is 1. The Kier molecular flexibility index (Phi) is 3.08. The molecule has 0 atom stereocenters. The zero-order valence-corrected chi connectivity index (χ0v) is 8.74. The summed E-state index contributed by atoms with van der Waals surface area (Å²) in [4.78, 5) is 10.8. The maximum atomic E-state index is 10.8. The maximum absolute atomic E-state index is 10.8. The minimum absolute atomic E-state index is 0.464. The molecule has 1 heterocycles. The summed E-state index contributed by atoms with van der Waals surface area (Å²) in [6, 6.07) is 3.73. The first-order valence-electron chi connectivity index (χ1n) is 4.65. The molecule has 0 saturated heterocycles. The van der Waals surface area contributed by atoms with Gasteiger partial charge in [0, 0.05) is 12.2 Å². The number of aromatic nitrogens is 1. The van der Waals surface area contributed by atoms with Gasteiger partial charge in [0.05, 0.1) is 11.3 Å². The van der Waals surface area contributed by atoms with E-state index in [1.807, 2.05) is 11.5 Å². The lowest BCUT2D eigenvalue weighted by Crippen LogP contribution is -2.09. The van der Waals surface area contributed by atoms with E-state index in [1.165, 1.54) is 0 Å². The molecule has 0 amide bonds. The summed E-state index contributed by atoms with van der Waals surface area (Å²) in [5.74, 6) is 0.464. The number of rotatable bonds is 3. The third-order valence-corrected chi connectivity index (χ3v) is 2.19. The lowest BCUT2D eigenvalue weighted by Gasteiger charge is -2.10. The van der Waals surface area contributed by atoms with E-state index in [9.17, 15) is 4.79 Å². The van der Waals surface area contributed by atoms with Gasteiger partial charge in [-0.1, -0.05) is 13.8 Å². The molecule has 3 heteroatoms. The van der Waals surface area contributed by atoms with Gasteiger partial charge in [-0.3, -0.25) is 4.79 Å². The van der Waals surface area contributed by atoms with Crippen LogP contribution in [0.15, 0.2) is 6.07 Å². The van der Waals surface area contributed by atoms with Crippen molar-refractivity contribution in [3.63, 3.8) is 0 Å². The second kappa shape index (κ2) is 4.10. The Morgan fingerprint density at radius 2 is 2.29 bits per heavy atom. The summed E-state index contributed by atoms with van der Waals surface area (Å²) in [5, 5.41) is 8.81. The Morgan fingerprint density at radius 3 is 2.71 bits per heavy atom. The Labute approximate surface area is 84.0 Å². The minimum Gasteiger partial charge on any atom is -0.341 e. The molecule has 0 bridgehead atoms. The van der Waals surface area contributed by atoms with Crippen LogP contribution in [-0.4, -0.2) is 10.9 Å². The molecule has 14 heavy (non-hydrogen) atoms. The highest BCUT2D eigenvalue weighted by Gasteiger charge is 2.11. The van der Waals surface area contributed by atoms with Crippen LogP contribution in [0.25, 0.3) is 0 Å². The van der Waals surface area contributed by atoms with Gasteiger partial charge in [0.15, 0.2) is 6.29 Å². The molecule has 3 nitrogen and oxygen atoms in total. The highest BCUT2D eigenvalue weighted by atomic mass is 16.1. The molecule has 0 saturated carbocycles. The van der Waals surface area contributed by atoms with E-state index in [-0.39, 0.29) is 0 Å². The van der Waals surface area contributed by atoms with E-state index in [1.54, 1.807) is 6.07 Å². The van der Waals surface area contributed by atoms with Crippen molar-refractivity contribution < 1.29 is 4.79 Å². The monoisotopic (exact) mass is 190 g/mol. The smallest absolute Gasteiger partial charge is 0.166 e. The molecule has 0 N–H and O–H groups in total. The molecule has 0 aliphatic rings. The van der Waals surface area contributed by atoms with Gasteiger partial charge >= 0.3 is 0 Å². The Bertz CT molecular complexity index is 383. The van der Waals surface area contributed by atoms with Crippen LogP contribution in [0, 0.1) is 24.2 Å². The first kappa shape index (κ1) is 10.5. The standard InChI is InChI=1S/C11H14N2O/c1-8(2)6-13-9(3)10(5-12)4-11(13)7-14/h4,7-8H,6H2,1-3H3. The Balaban J connectivity index is 3.19. The van der Waals surface area contributed by atoms with Crippen LogP contribution in [0.1, 0.15) is 35.6 Å². The van der Waals surface area contributed by atoms with Crippen LogP contribution in [0.5, 0.6) is 0 Å². The molecule has 0 aromatic carbocycles. The lowest BCUT2D eigenvalue weighted by atomic mass is 10.2. The van der Waals surface area contributed by atoms with Crippen LogP contribution < -0.4 is 0 Å². The molecule has 1 rings (SSSR count). The second-order valence-corrected chi connectivity index (χ2v) is 3.80. The number of nitriles is 1. The summed E-state index contributed by atoms with van der Waals surface area (Å²) in [6.07, 6.45) is 0.802. The van der Waals surface area contributed by atoms with E-state index >= 15 is 0 Å². The molecule has 1 aromatic rings. The van der Waals surface area contributed by atoms with E-state index in [0.717, 1.165) is 18.5 Å². The second-order valence-electron chi connectivity index (χ2n) is 3.80. The zero-order valence-electron chi connectivity index (χ0n) is 8.74. The Hall–Kier alpha value is -1.56. The van der Waals surface area contributed by atoms with Crippen LogP contribution >= 0.6 is 0 Å². The SMILES string of the molecule is Cc1c(C#N)cc(C=O)n1CC(C)C. The number of carbonyl (C=O) groups is 1. The number of nitrogens with zero attached hydrogens (tertiary/aromatic N) is 2. The summed E-state index contributed by atoms with van der Waals surface area (Å²) in [7, 11) is 0. The average Bonchev–Trinajstić information content (AvgIpc) is 2.43. The fourth-order valence-electron chi connectivity index (χ4n) is 1.49. The first-order chi connectivity index (χ1) is 6.60. The van der Waals surface area contributed by atoms with Gasteiger partial charge in [0.2, 0.25) is 0 Å². The highest BCUT2D eigenvalue weighted by molar-refractivity contribution is 5.74. The summed E-state index contributed by atoms with van der Waals surface area (Å²) in [6.45, 7) is 6.82. The van der Waals surface area contributed by atoms with Gasteiger partial charge in [0.1, 0.15) is 6.07 Å². The molecular formula is C11H14N2O. The molecule has 0 aliphatic carbocycles. The van der Waals surface area contributed by atoms with Crippen molar-refractivity contribution >= 4 is 6.29 Å². The van der Waals surface area contributed by atoms with Gasteiger partial charge in [-0.25, -0.2) is 0 Å². The Morgan fingerprint density at radius 1 is 1.64 bits per heavy atom. The molecule has 0 unspecified atom stereocenters. The highest BCUT2D eigenvalue weighted by Crippen LogP contribution is 2.15. The molecule has 0 aliphatic heterocycles. The summed E-state index contributed by atoms with van der Waals surface area (Å²) >= 11 is 0. The zero-order chi connectivity index (χ0) is 10.7. The van der Waals surface area contributed by atoms with Crippen LogP contribution in [0.2, 0.25) is 0 Å². The fourth-order valence-corrected chi connectivity index (χ4v) is 1.49. The van der Waals surface area contributed by atoms with Gasteiger partial charge in [-0.05, 0) is 18.9 Å². The van der Waals surface area contributed by atoms with Crippen molar-refractivity contribution in [2.24, 2.45) is 5.92 Å². The van der Waals surface area contributed by atoms with Crippen molar-refractivity contribution in [3.8, 4) is 6.07 Å². The number of aldehydes is 1. The van der Waals surface area contributed by atoms with E-state index in [2.05, 4.69) is 19.9 Å². The van der Waals surface area contributed by atoms with Crippen molar-refractivity contribution in [3.05, 3.63) is 23.0 Å². The van der Waals surface area contributed by atoms with E-state index in [0.29, 0.717) is 17.2 Å².